The van der Waals surface area contributed by atoms with Gasteiger partial charge in [0.25, 0.3) is 0 Å². The Kier molecular flexibility index (Phi) is 3.88. The van der Waals surface area contributed by atoms with Gasteiger partial charge < -0.3 is 0 Å². The number of terminal acetylenes is 1. The maximum Gasteiger partial charge on any atom is 0.0872 e. The van der Waals surface area contributed by atoms with E-state index in [0.29, 0.717) is 5.71 Å². The lowest BCUT2D eigenvalue weighted by Gasteiger charge is -2.02. The lowest BCUT2D eigenvalue weighted by atomic mass is 10.1. The molecule has 0 unspecified atom stereocenters. The van der Waals surface area contributed by atoms with E-state index < -0.39 is 0 Å². The van der Waals surface area contributed by atoms with Gasteiger partial charge in [-0.25, -0.2) is 4.99 Å². The van der Waals surface area contributed by atoms with Crippen LogP contribution in [0.25, 0.3) is 6.08 Å². The lowest BCUT2D eigenvalue weighted by Crippen LogP contribution is -1.85. The van der Waals surface area contributed by atoms with Crippen LogP contribution < -0.4 is 0 Å². The third-order valence-corrected chi connectivity index (χ3v) is 2.03. The van der Waals surface area contributed by atoms with Crippen molar-refractivity contribution in [3.63, 3.8) is 0 Å². The first-order valence-electron chi connectivity index (χ1n) is 4.92. The van der Waals surface area contributed by atoms with Crippen LogP contribution in [0, 0.1) is 19.3 Å². The number of rotatable bonds is 2. The minimum absolute atomic E-state index is 0.700. The zero-order valence-electron chi connectivity index (χ0n) is 9.41. The second kappa shape index (κ2) is 5.17. The van der Waals surface area contributed by atoms with E-state index in [1.54, 1.807) is 0 Å². The van der Waals surface area contributed by atoms with E-state index in [9.17, 15) is 0 Å². The maximum absolute atomic E-state index is 5.28. The van der Waals surface area contributed by atoms with Gasteiger partial charge in [0.15, 0.2) is 0 Å². The summed E-state index contributed by atoms with van der Waals surface area (Å²) in [5, 5.41) is 0. The molecule has 1 rings (SSSR count). The molecule has 0 bridgehead atoms. The highest BCUT2D eigenvalue weighted by Crippen LogP contribution is 2.22. The molecular weight excluding hydrogens is 182 g/mol. The highest BCUT2D eigenvalue weighted by Gasteiger charge is 1.98. The van der Waals surface area contributed by atoms with E-state index >= 15 is 0 Å². The van der Waals surface area contributed by atoms with E-state index in [2.05, 4.69) is 23.0 Å². The van der Waals surface area contributed by atoms with Crippen LogP contribution in [0.15, 0.2) is 29.3 Å². The Bertz CT molecular complexity index is 445. The first-order valence-corrected chi connectivity index (χ1v) is 4.92. The molecule has 0 saturated carbocycles. The van der Waals surface area contributed by atoms with Gasteiger partial charge in [-0.2, -0.15) is 0 Å². The molecule has 1 aromatic carbocycles. The Morgan fingerprint density at radius 3 is 2.80 bits per heavy atom. The first-order chi connectivity index (χ1) is 7.17. The topological polar surface area (TPSA) is 12.4 Å². The third kappa shape index (κ3) is 3.11. The Hall–Kier alpha value is -1.81. The number of benzene rings is 1. The van der Waals surface area contributed by atoms with E-state index in [0.717, 1.165) is 11.3 Å². The normalized spacial score (nSPS) is 11.7. The number of aliphatic imine (C=N–C) groups is 1. The SMILES string of the molecule is C#CC(C)=Nc1cc(C)ccc1C=CC. The second-order valence-electron chi connectivity index (χ2n) is 3.40. The molecule has 0 atom stereocenters. The zero-order chi connectivity index (χ0) is 11.3. The summed E-state index contributed by atoms with van der Waals surface area (Å²) in [4.78, 5) is 4.39. The monoisotopic (exact) mass is 197 g/mol. The Morgan fingerprint density at radius 1 is 1.47 bits per heavy atom. The third-order valence-electron chi connectivity index (χ3n) is 2.03. The summed E-state index contributed by atoms with van der Waals surface area (Å²) in [6.45, 7) is 5.87. The molecule has 0 aliphatic rings. The smallest absolute Gasteiger partial charge is 0.0872 e. The highest BCUT2D eigenvalue weighted by atomic mass is 14.7. The van der Waals surface area contributed by atoms with Gasteiger partial charge >= 0.3 is 0 Å². The Balaban J connectivity index is 3.26. The van der Waals surface area contributed by atoms with E-state index in [-0.39, 0.29) is 0 Å². The lowest BCUT2D eigenvalue weighted by molar-refractivity contribution is 1.41. The van der Waals surface area contributed by atoms with Gasteiger partial charge in [-0.1, -0.05) is 30.2 Å². The van der Waals surface area contributed by atoms with Crippen LogP contribution in [0.5, 0.6) is 0 Å². The molecule has 0 amide bonds. The first kappa shape index (κ1) is 11.3. The quantitative estimate of drug-likeness (QED) is 0.505. The Labute approximate surface area is 91.6 Å². The number of nitrogens with zero attached hydrogens (tertiary/aromatic N) is 1. The molecule has 0 spiro atoms. The molecule has 0 aliphatic heterocycles. The Morgan fingerprint density at radius 2 is 2.20 bits per heavy atom. The number of hydrogen-bond donors (Lipinski definition) is 0. The molecule has 1 heteroatoms. The number of allylic oxidation sites excluding steroid dienone is 1. The number of aryl methyl sites for hydroxylation is 1. The fraction of sp³-hybridized carbons (Fsp3) is 0.214. The molecule has 0 fully saturated rings. The van der Waals surface area contributed by atoms with Crippen molar-refractivity contribution < 1.29 is 0 Å². The van der Waals surface area contributed by atoms with Crippen LogP contribution in [-0.4, -0.2) is 5.71 Å². The predicted molar refractivity (Wildman–Crippen MR) is 67.5 cm³/mol. The minimum atomic E-state index is 0.700. The van der Waals surface area contributed by atoms with Crippen molar-refractivity contribution in [2.24, 2.45) is 4.99 Å². The molecule has 0 radical (unpaired) electrons. The fourth-order valence-corrected chi connectivity index (χ4v) is 1.28. The van der Waals surface area contributed by atoms with Crippen molar-refractivity contribution >= 4 is 17.5 Å². The molecular formula is C14H15N. The molecule has 0 saturated heterocycles. The minimum Gasteiger partial charge on any atom is -0.244 e. The van der Waals surface area contributed by atoms with Crippen molar-refractivity contribution in [3.8, 4) is 12.3 Å². The predicted octanol–water partition coefficient (Wildman–Crippen LogP) is 3.75. The largest absolute Gasteiger partial charge is 0.244 e. The molecule has 0 aromatic heterocycles. The van der Waals surface area contributed by atoms with Crippen LogP contribution in [0.1, 0.15) is 25.0 Å². The van der Waals surface area contributed by atoms with Crippen LogP contribution in [0.4, 0.5) is 5.69 Å². The average molecular weight is 197 g/mol. The molecule has 1 aromatic rings. The van der Waals surface area contributed by atoms with Gasteiger partial charge in [-0.3, -0.25) is 0 Å². The molecule has 15 heavy (non-hydrogen) atoms. The van der Waals surface area contributed by atoms with Crippen LogP contribution in [0.3, 0.4) is 0 Å². The highest BCUT2D eigenvalue weighted by molar-refractivity contribution is 5.99. The summed E-state index contributed by atoms with van der Waals surface area (Å²) < 4.78 is 0. The van der Waals surface area contributed by atoms with Crippen molar-refractivity contribution in [1.82, 2.24) is 0 Å². The van der Waals surface area contributed by atoms with E-state index in [1.165, 1.54) is 5.56 Å². The molecule has 0 aliphatic carbocycles. The van der Waals surface area contributed by atoms with Crippen molar-refractivity contribution in [3.05, 3.63) is 35.4 Å². The van der Waals surface area contributed by atoms with Crippen LogP contribution in [-0.2, 0) is 0 Å². The van der Waals surface area contributed by atoms with Crippen molar-refractivity contribution in [2.45, 2.75) is 20.8 Å². The average Bonchev–Trinajstić information content (AvgIpc) is 2.22. The summed E-state index contributed by atoms with van der Waals surface area (Å²) in [5.41, 5.74) is 3.92. The van der Waals surface area contributed by atoms with Crippen molar-refractivity contribution in [2.75, 3.05) is 0 Å². The zero-order valence-corrected chi connectivity index (χ0v) is 9.41. The van der Waals surface area contributed by atoms with Gasteiger partial charge in [-0.05, 0) is 38.0 Å². The molecule has 0 heterocycles. The molecule has 0 N–H and O–H groups in total. The van der Waals surface area contributed by atoms with Crippen molar-refractivity contribution in [1.29, 1.82) is 0 Å². The van der Waals surface area contributed by atoms with Gasteiger partial charge in [0, 0.05) is 0 Å². The molecule has 1 nitrogen and oxygen atoms in total. The summed E-state index contributed by atoms with van der Waals surface area (Å²) in [6, 6.07) is 6.16. The summed E-state index contributed by atoms with van der Waals surface area (Å²) in [6.07, 6.45) is 9.31. The maximum atomic E-state index is 5.28. The standard InChI is InChI=1S/C14H15N/c1-5-7-13-9-8-11(3)10-14(13)15-12(4)6-2/h2,5,7-10H,1,3-4H3. The summed E-state index contributed by atoms with van der Waals surface area (Å²) in [7, 11) is 0. The fourth-order valence-electron chi connectivity index (χ4n) is 1.28. The second-order valence-corrected chi connectivity index (χ2v) is 3.40. The van der Waals surface area contributed by atoms with Crippen LogP contribution in [0.2, 0.25) is 0 Å². The van der Waals surface area contributed by atoms with E-state index in [4.69, 9.17) is 6.42 Å². The number of hydrogen-bond acceptors (Lipinski definition) is 1. The summed E-state index contributed by atoms with van der Waals surface area (Å²) >= 11 is 0. The van der Waals surface area contributed by atoms with Crippen LogP contribution >= 0.6 is 0 Å². The summed E-state index contributed by atoms with van der Waals surface area (Å²) in [5.74, 6) is 2.53. The van der Waals surface area contributed by atoms with Gasteiger partial charge in [0.2, 0.25) is 0 Å². The molecule has 76 valence electrons. The van der Waals surface area contributed by atoms with Gasteiger partial charge in [0.05, 0.1) is 11.4 Å². The van der Waals surface area contributed by atoms with Gasteiger partial charge in [0.1, 0.15) is 0 Å². The van der Waals surface area contributed by atoms with Gasteiger partial charge in [-0.15, -0.1) is 6.42 Å². The van der Waals surface area contributed by atoms with E-state index in [1.807, 2.05) is 39.0 Å².